The van der Waals surface area contributed by atoms with Crippen LogP contribution in [0.4, 0.5) is 0 Å². The number of aromatic amines is 1. The van der Waals surface area contributed by atoms with E-state index in [0.29, 0.717) is 47.5 Å². The van der Waals surface area contributed by atoms with Gasteiger partial charge in [-0.25, -0.2) is 15.0 Å². The van der Waals surface area contributed by atoms with Crippen molar-refractivity contribution in [2.24, 2.45) is 0 Å². The minimum Gasteiger partial charge on any atom is -0.437 e. The summed E-state index contributed by atoms with van der Waals surface area (Å²) in [4.78, 5) is 28.7. The molecule has 2 aromatic heterocycles. The Kier molecular flexibility index (Phi) is 5.63. The van der Waals surface area contributed by atoms with E-state index in [0.717, 1.165) is 12.0 Å². The van der Waals surface area contributed by atoms with Gasteiger partial charge in [-0.05, 0) is 48.4 Å². The predicted molar refractivity (Wildman–Crippen MR) is 114 cm³/mol. The number of imidazole rings is 1. The summed E-state index contributed by atoms with van der Waals surface area (Å²) in [6, 6.07) is 6.81. The van der Waals surface area contributed by atoms with Crippen LogP contribution in [-0.2, 0) is 4.74 Å². The molecular weight excluding hydrogens is 380 g/mol. The molecule has 0 fully saturated rings. The van der Waals surface area contributed by atoms with Gasteiger partial charge in [0.25, 0.3) is 0 Å². The minimum atomic E-state index is -0.231. The maximum absolute atomic E-state index is 12.7. The Labute approximate surface area is 173 Å². The predicted octanol–water partition coefficient (Wildman–Crippen LogP) is 4.31. The number of hydrogen-bond donors (Lipinski definition) is 1. The van der Waals surface area contributed by atoms with Gasteiger partial charge in [-0.1, -0.05) is 19.2 Å². The first-order valence-electron chi connectivity index (χ1n) is 9.45. The van der Waals surface area contributed by atoms with Crippen LogP contribution in [-0.4, -0.2) is 38.9 Å². The Hall–Kier alpha value is -3.84. The van der Waals surface area contributed by atoms with E-state index in [1.54, 1.807) is 48.8 Å². The number of carbonyl (C=O) groups excluding carboxylic acids is 1. The largest absolute Gasteiger partial charge is 0.437 e. The molecule has 1 aromatic carbocycles. The van der Waals surface area contributed by atoms with E-state index in [2.05, 4.69) is 33.1 Å². The van der Waals surface area contributed by atoms with Crippen molar-refractivity contribution in [3.63, 3.8) is 0 Å². The van der Waals surface area contributed by atoms with Crippen LogP contribution in [0.5, 0.6) is 11.6 Å². The van der Waals surface area contributed by atoms with Gasteiger partial charge in [-0.2, -0.15) is 0 Å². The molecule has 150 valence electrons. The highest BCUT2D eigenvalue weighted by molar-refractivity contribution is 6.07. The van der Waals surface area contributed by atoms with Crippen LogP contribution in [0.3, 0.4) is 0 Å². The maximum atomic E-state index is 12.7. The molecule has 4 rings (SSSR count). The van der Waals surface area contributed by atoms with E-state index in [9.17, 15) is 4.79 Å². The summed E-state index contributed by atoms with van der Waals surface area (Å²) in [6.07, 6.45) is 9.14. The Morgan fingerprint density at radius 3 is 2.60 bits per heavy atom. The van der Waals surface area contributed by atoms with Crippen molar-refractivity contribution in [1.82, 2.24) is 19.9 Å². The number of H-pyrrole nitrogens is 1. The first-order chi connectivity index (χ1) is 14.7. The minimum absolute atomic E-state index is 0.231. The molecule has 1 aliphatic rings. The second-order valence-corrected chi connectivity index (χ2v) is 6.51. The second kappa shape index (κ2) is 8.67. The zero-order valence-electron chi connectivity index (χ0n) is 16.3. The van der Waals surface area contributed by atoms with E-state index < -0.39 is 0 Å². The average molecular weight is 400 g/mol. The fraction of sp³-hybridized carbons (Fsp3) is 0.130. The zero-order chi connectivity index (χ0) is 20.9. The third kappa shape index (κ3) is 3.97. The van der Waals surface area contributed by atoms with Crippen molar-refractivity contribution < 1.29 is 14.3 Å². The van der Waals surface area contributed by atoms with Gasteiger partial charge in [0.15, 0.2) is 5.82 Å². The molecule has 0 unspecified atom stereocenters. The van der Waals surface area contributed by atoms with Crippen LogP contribution >= 0.6 is 0 Å². The van der Waals surface area contributed by atoms with Crippen molar-refractivity contribution in [2.75, 3.05) is 13.2 Å². The molecule has 0 saturated heterocycles. The van der Waals surface area contributed by atoms with Gasteiger partial charge >= 0.3 is 0 Å². The summed E-state index contributed by atoms with van der Waals surface area (Å²) in [5.74, 6) is 0.974. The summed E-state index contributed by atoms with van der Waals surface area (Å²) in [7, 11) is 0. The molecule has 1 aliphatic heterocycles. The maximum Gasteiger partial charge on any atom is 0.245 e. The molecule has 0 amide bonds. The molecule has 3 heterocycles. The summed E-state index contributed by atoms with van der Waals surface area (Å²) in [6.45, 7) is 8.60. The van der Waals surface area contributed by atoms with Crippen LogP contribution in [0.1, 0.15) is 39.7 Å². The average Bonchev–Trinajstić information content (AvgIpc) is 3.24. The number of benzene rings is 1. The number of rotatable bonds is 7. The van der Waals surface area contributed by atoms with Gasteiger partial charge in [0.05, 0.1) is 24.6 Å². The highest BCUT2D eigenvalue weighted by Gasteiger charge is 2.17. The standard InChI is InChI=1S/C23H20N4O3/c1-3-18-19(4-2)27-22(26-18)21(28)16-5-7-17(8-6-16)30-23-20(24-11-12-25-23)15-9-13-29-14-10-15/h3-9,11-12H,1-2,10,13-14H2,(H,26,27). The lowest BCUT2D eigenvalue weighted by Crippen LogP contribution is -2.06. The quantitative estimate of drug-likeness (QED) is 0.594. The van der Waals surface area contributed by atoms with Gasteiger partial charge in [0.1, 0.15) is 11.4 Å². The molecule has 30 heavy (non-hydrogen) atoms. The van der Waals surface area contributed by atoms with Gasteiger partial charge in [0, 0.05) is 18.0 Å². The molecule has 0 saturated carbocycles. The monoisotopic (exact) mass is 400 g/mol. The summed E-state index contributed by atoms with van der Waals surface area (Å²) in [5.41, 5.74) is 3.47. The van der Waals surface area contributed by atoms with Gasteiger partial charge in [0.2, 0.25) is 11.7 Å². The van der Waals surface area contributed by atoms with Crippen LogP contribution in [0.2, 0.25) is 0 Å². The van der Waals surface area contributed by atoms with Crippen molar-refractivity contribution in [3.8, 4) is 11.6 Å². The second-order valence-electron chi connectivity index (χ2n) is 6.51. The molecule has 0 spiro atoms. The number of nitrogens with one attached hydrogen (secondary N) is 1. The number of ether oxygens (including phenoxy) is 2. The Bertz CT molecular complexity index is 1100. The molecule has 0 bridgehead atoms. The SMILES string of the molecule is C=Cc1nc(C(=O)c2ccc(Oc3nccnc3C3=CCOCC3)cc2)[nH]c1C=C. The molecule has 1 N–H and O–H groups in total. The normalized spacial score (nSPS) is 13.4. The summed E-state index contributed by atoms with van der Waals surface area (Å²) < 4.78 is 11.3. The van der Waals surface area contributed by atoms with E-state index in [4.69, 9.17) is 9.47 Å². The summed E-state index contributed by atoms with van der Waals surface area (Å²) >= 11 is 0. The number of aromatic nitrogens is 4. The van der Waals surface area contributed by atoms with Gasteiger partial charge in [-0.15, -0.1) is 0 Å². The smallest absolute Gasteiger partial charge is 0.245 e. The lowest BCUT2D eigenvalue weighted by Gasteiger charge is -2.15. The highest BCUT2D eigenvalue weighted by atomic mass is 16.5. The van der Waals surface area contributed by atoms with Crippen molar-refractivity contribution in [1.29, 1.82) is 0 Å². The fourth-order valence-electron chi connectivity index (χ4n) is 3.10. The third-order valence-electron chi connectivity index (χ3n) is 4.64. The van der Waals surface area contributed by atoms with Crippen LogP contribution in [0, 0.1) is 0 Å². The van der Waals surface area contributed by atoms with E-state index >= 15 is 0 Å². The molecular formula is C23H20N4O3. The summed E-state index contributed by atoms with van der Waals surface area (Å²) in [5, 5.41) is 0. The Morgan fingerprint density at radius 2 is 1.93 bits per heavy atom. The molecule has 7 nitrogen and oxygen atoms in total. The van der Waals surface area contributed by atoms with Gasteiger partial charge < -0.3 is 14.5 Å². The first-order valence-corrected chi connectivity index (χ1v) is 9.45. The lowest BCUT2D eigenvalue weighted by molar-refractivity contribution is 0.103. The molecule has 0 radical (unpaired) electrons. The van der Waals surface area contributed by atoms with Crippen LogP contribution in [0.15, 0.2) is 55.9 Å². The van der Waals surface area contributed by atoms with Crippen LogP contribution in [0.25, 0.3) is 17.7 Å². The first kappa shape index (κ1) is 19.5. The molecule has 7 heteroatoms. The number of hydrogen-bond acceptors (Lipinski definition) is 6. The Balaban J connectivity index is 1.54. The molecule has 0 aliphatic carbocycles. The number of ketones is 1. The van der Waals surface area contributed by atoms with Crippen molar-refractivity contribution >= 4 is 23.5 Å². The zero-order valence-corrected chi connectivity index (χ0v) is 16.3. The number of nitrogens with zero attached hydrogens (tertiary/aromatic N) is 3. The Morgan fingerprint density at radius 1 is 1.13 bits per heavy atom. The third-order valence-corrected chi connectivity index (χ3v) is 4.64. The molecule has 3 aromatic rings. The molecule has 0 atom stereocenters. The highest BCUT2D eigenvalue weighted by Crippen LogP contribution is 2.29. The van der Waals surface area contributed by atoms with Gasteiger partial charge in [-0.3, -0.25) is 4.79 Å². The lowest BCUT2D eigenvalue weighted by atomic mass is 10.1. The van der Waals surface area contributed by atoms with E-state index in [1.807, 2.05) is 6.08 Å². The topological polar surface area (TPSA) is 90.0 Å². The van der Waals surface area contributed by atoms with Crippen molar-refractivity contribution in [3.05, 3.63) is 84.4 Å². The van der Waals surface area contributed by atoms with E-state index in [-0.39, 0.29) is 11.6 Å². The van der Waals surface area contributed by atoms with E-state index in [1.165, 1.54) is 0 Å². The fourth-order valence-corrected chi connectivity index (χ4v) is 3.10. The van der Waals surface area contributed by atoms with Crippen LogP contribution < -0.4 is 4.74 Å². The van der Waals surface area contributed by atoms with Crippen molar-refractivity contribution in [2.45, 2.75) is 6.42 Å². The number of carbonyl (C=O) groups is 1.